The minimum Gasteiger partial charge on any atom is -0.395 e. The SMILES string of the molecule is O=[N+]([O-])c1cccc(/C=C\c2cc(N(CCO)CCO)c3ccccc3n2)c1. The lowest BCUT2D eigenvalue weighted by Crippen LogP contribution is -2.30. The predicted octanol–water partition coefficient (Wildman–Crippen LogP) is 3.10. The van der Waals surface area contributed by atoms with Crippen LogP contribution in [0.15, 0.2) is 54.6 Å². The number of hydrogen-bond acceptors (Lipinski definition) is 6. The number of hydrogen-bond donors (Lipinski definition) is 2. The van der Waals surface area contributed by atoms with Crippen LogP contribution < -0.4 is 4.90 Å². The molecule has 1 aromatic heterocycles. The molecule has 0 unspecified atom stereocenters. The molecule has 1 heterocycles. The largest absolute Gasteiger partial charge is 0.395 e. The summed E-state index contributed by atoms with van der Waals surface area (Å²) in [5, 5.41) is 30.6. The van der Waals surface area contributed by atoms with Crippen molar-refractivity contribution in [2.45, 2.75) is 0 Å². The molecule has 0 aliphatic rings. The molecule has 7 heteroatoms. The molecule has 3 rings (SSSR count). The first kappa shape index (κ1) is 19.5. The van der Waals surface area contributed by atoms with E-state index in [0.29, 0.717) is 24.3 Å². The first-order valence-electron chi connectivity index (χ1n) is 8.91. The van der Waals surface area contributed by atoms with Crippen LogP contribution in [-0.4, -0.2) is 46.4 Å². The molecule has 0 aliphatic heterocycles. The van der Waals surface area contributed by atoms with Crippen molar-refractivity contribution in [1.82, 2.24) is 4.98 Å². The fraction of sp³-hybridized carbons (Fsp3) is 0.190. The highest BCUT2D eigenvalue weighted by atomic mass is 16.6. The van der Waals surface area contributed by atoms with Gasteiger partial charge >= 0.3 is 0 Å². The highest BCUT2D eigenvalue weighted by Crippen LogP contribution is 2.27. The molecule has 0 spiro atoms. The number of non-ortho nitro benzene ring substituents is 1. The number of fused-ring (bicyclic) bond motifs is 1. The van der Waals surface area contributed by atoms with Crippen LogP contribution in [0.5, 0.6) is 0 Å². The average molecular weight is 379 g/mol. The van der Waals surface area contributed by atoms with Gasteiger partial charge in [-0.2, -0.15) is 0 Å². The molecule has 0 atom stereocenters. The summed E-state index contributed by atoms with van der Waals surface area (Å²) in [4.78, 5) is 17.1. The van der Waals surface area contributed by atoms with Crippen LogP contribution in [0.1, 0.15) is 11.3 Å². The Morgan fingerprint density at radius 3 is 2.46 bits per heavy atom. The molecule has 0 saturated heterocycles. The Bertz CT molecular complexity index is 998. The van der Waals surface area contributed by atoms with Crippen molar-refractivity contribution < 1.29 is 15.1 Å². The van der Waals surface area contributed by atoms with E-state index in [0.717, 1.165) is 16.6 Å². The van der Waals surface area contributed by atoms with Crippen LogP contribution >= 0.6 is 0 Å². The molecule has 0 aliphatic carbocycles. The van der Waals surface area contributed by atoms with E-state index in [1.807, 2.05) is 35.2 Å². The number of anilines is 1. The van der Waals surface area contributed by atoms with Crippen LogP contribution in [0.3, 0.4) is 0 Å². The predicted molar refractivity (Wildman–Crippen MR) is 110 cm³/mol. The molecule has 7 nitrogen and oxygen atoms in total. The number of rotatable bonds is 8. The van der Waals surface area contributed by atoms with Crippen molar-refractivity contribution in [3.05, 3.63) is 76.0 Å². The Hall–Kier alpha value is -3.29. The van der Waals surface area contributed by atoms with Crippen LogP contribution in [0, 0.1) is 10.1 Å². The minimum atomic E-state index is -0.425. The molecule has 2 aromatic carbocycles. The fourth-order valence-electron chi connectivity index (χ4n) is 3.04. The van der Waals surface area contributed by atoms with Gasteiger partial charge in [-0.3, -0.25) is 10.1 Å². The standard InChI is InChI=1S/C21H21N3O4/c25-12-10-23(11-13-26)21-15-17(22-20-7-2-1-6-19(20)21)9-8-16-4-3-5-18(14-16)24(27)28/h1-9,14-15,25-26H,10-13H2/b9-8-. The molecule has 0 bridgehead atoms. The number of aliphatic hydroxyl groups excluding tert-OH is 2. The summed E-state index contributed by atoms with van der Waals surface area (Å²) in [5.74, 6) is 0. The van der Waals surface area contributed by atoms with Crippen LogP contribution in [0.4, 0.5) is 11.4 Å². The summed E-state index contributed by atoms with van der Waals surface area (Å²) in [5.41, 5.74) is 3.08. The van der Waals surface area contributed by atoms with E-state index in [-0.39, 0.29) is 18.9 Å². The van der Waals surface area contributed by atoms with Gasteiger partial charge in [0.05, 0.1) is 29.3 Å². The number of benzene rings is 2. The number of nitro groups is 1. The van der Waals surface area contributed by atoms with Crippen LogP contribution in [0.2, 0.25) is 0 Å². The van der Waals surface area contributed by atoms with Gasteiger partial charge in [0.2, 0.25) is 0 Å². The summed E-state index contributed by atoms with van der Waals surface area (Å²) in [7, 11) is 0. The van der Waals surface area contributed by atoms with Gasteiger partial charge in [-0.1, -0.05) is 36.4 Å². The first-order valence-corrected chi connectivity index (χ1v) is 8.91. The monoisotopic (exact) mass is 379 g/mol. The number of pyridine rings is 1. The van der Waals surface area contributed by atoms with Crippen LogP contribution in [-0.2, 0) is 0 Å². The van der Waals surface area contributed by atoms with Crippen molar-refractivity contribution >= 4 is 34.4 Å². The van der Waals surface area contributed by atoms with Gasteiger partial charge in [0, 0.05) is 36.3 Å². The quantitative estimate of drug-likeness (QED) is 0.461. The lowest BCUT2D eigenvalue weighted by atomic mass is 10.1. The second kappa shape index (κ2) is 9.07. The normalized spacial score (nSPS) is 11.2. The van der Waals surface area contributed by atoms with E-state index in [1.54, 1.807) is 24.3 Å². The molecule has 3 aromatic rings. The van der Waals surface area contributed by atoms with Crippen LogP contribution in [0.25, 0.3) is 23.1 Å². The number of para-hydroxylation sites is 1. The van der Waals surface area contributed by atoms with Crippen molar-refractivity contribution in [3.8, 4) is 0 Å². The molecule has 0 saturated carbocycles. The van der Waals surface area contributed by atoms with Crippen molar-refractivity contribution in [2.24, 2.45) is 0 Å². The third-order valence-electron chi connectivity index (χ3n) is 4.32. The minimum absolute atomic E-state index is 0.0322. The highest BCUT2D eigenvalue weighted by molar-refractivity contribution is 5.93. The molecule has 2 N–H and O–H groups in total. The maximum absolute atomic E-state index is 10.9. The molecule has 28 heavy (non-hydrogen) atoms. The van der Waals surface area contributed by atoms with Gasteiger partial charge in [-0.05, 0) is 23.8 Å². The van der Waals surface area contributed by atoms with Crippen molar-refractivity contribution in [3.63, 3.8) is 0 Å². The maximum atomic E-state index is 10.9. The molecule has 0 amide bonds. The van der Waals surface area contributed by atoms with Gasteiger partial charge in [0.25, 0.3) is 5.69 Å². The zero-order chi connectivity index (χ0) is 19.9. The molecular formula is C21H21N3O4. The third-order valence-corrected chi connectivity index (χ3v) is 4.32. The van der Waals surface area contributed by atoms with E-state index >= 15 is 0 Å². The topological polar surface area (TPSA) is 99.7 Å². The summed E-state index contributed by atoms with van der Waals surface area (Å²) in [6.45, 7) is 0.718. The van der Waals surface area contributed by atoms with Gasteiger partial charge in [-0.15, -0.1) is 0 Å². The zero-order valence-electron chi connectivity index (χ0n) is 15.2. The number of nitrogens with zero attached hydrogens (tertiary/aromatic N) is 3. The van der Waals surface area contributed by atoms with E-state index in [9.17, 15) is 20.3 Å². The summed E-state index contributed by atoms with van der Waals surface area (Å²) in [6, 6.07) is 15.9. The van der Waals surface area contributed by atoms with Gasteiger partial charge < -0.3 is 15.1 Å². The van der Waals surface area contributed by atoms with E-state index in [1.165, 1.54) is 12.1 Å². The van der Waals surface area contributed by atoms with Gasteiger partial charge in [0.1, 0.15) is 0 Å². The van der Waals surface area contributed by atoms with Gasteiger partial charge in [0.15, 0.2) is 0 Å². The molecule has 0 fully saturated rings. The Balaban J connectivity index is 2.02. The van der Waals surface area contributed by atoms with E-state index in [2.05, 4.69) is 4.98 Å². The zero-order valence-corrected chi connectivity index (χ0v) is 15.2. The smallest absolute Gasteiger partial charge is 0.270 e. The molecular weight excluding hydrogens is 358 g/mol. The average Bonchev–Trinajstić information content (AvgIpc) is 2.71. The summed E-state index contributed by atoms with van der Waals surface area (Å²) < 4.78 is 0. The maximum Gasteiger partial charge on any atom is 0.270 e. The summed E-state index contributed by atoms with van der Waals surface area (Å²) in [6.07, 6.45) is 3.57. The lowest BCUT2D eigenvalue weighted by molar-refractivity contribution is -0.384. The van der Waals surface area contributed by atoms with E-state index < -0.39 is 4.92 Å². The van der Waals surface area contributed by atoms with Gasteiger partial charge in [-0.25, -0.2) is 4.98 Å². The number of aromatic nitrogens is 1. The Morgan fingerprint density at radius 2 is 1.75 bits per heavy atom. The summed E-state index contributed by atoms with van der Waals surface area (Å²) >= 11 is 0. The Labute approximate surface area is 162 Å². The molecule has 144 valence electrons. The Morgan fingerprint density at radius 1 is 1.00 bits per heavy atom. The molecule has 0 radical (unpaired) electrons. The first-order chi connectivity index (χ1) is 13.6. The van der Waals surface area contributed by atoms with Crippen molar-refractivity contribution in [2.75, 3.05) is 31.2 Å². The van der Waals surface area contributed by atoms with Crippen molar-refractivity contribution in [1.29, 1.82) is 0 Å². The van der Waals surface area contributed by atoms with E-state index in [4.69, 9.17) is 0 Å². The highest BCUT2D eigenvalue weighted by Gasteiger charge is 2.12. The number of nitro benzene ring substituents is 1. The Kier molecular flexibility index (Phi) is 6.31. The third kappa shape index (κ3) is 4.51. The second-order valence-electron chi connectivity index (χ2n) is 6.20. The number of aliphatic hydroxyl groups is 2. The fourth-order valence-corrected chi connectivity index (χ4v) is 3.04. The second-order valence-corrected chi connectivity index (χ2v) is 6.20. The lowest BCUT2D eigenvalue weighted by Gasteiger charge is -2.24.